The number of ether oxygens (including phenoxy) is 1. The molecule has 1 aliphatic heterocycles. The van der Waals surface area contributed by atoms with Crippen molar-refractivity contribution in [3.63, 3.8) is 0 Å². The van der Waals surface area contributed by atoms with E-state index >= 15 is 0 Å². The number of aromatic nitrogens is 1. The number of hydrogen-bond donors (Lipinski definition) is 1. The van der Waals surface area contributed by atoms with E-state index in [0.29, 0.717) is 13.1 Å². The van der Waals surface area contributed by atoms with E-state index < -0.39 is 18.8 Å². The highest BCUT2D eigenvalue weighted by molar-refractivity contribution is 6.65. The average Bonchev–Trinajstić information content (AvgIpc) is 3.04. The number of hydrogen-bond acceptors (Lipinski definition) is 4. The van der Waals surface area contributed by atoms with Crippen LogP contribution in [-0.2, 0) is 20.6 Å². The third-order valence-electron chi connectivity index (χ3n) is 5.38. The summed E-state index contributed by atoms with van der Waals surface area (Å²) >= 11 is 0. The van der Waals surface area contributed by atoms with Gasteiger partial charge in [0, 0.05) is 24.8 Å². The van der Waals surface area contributed by atoms with Crippen molar-refractivity contribution in [3.05, 3.63) is 30.5 Å². The Morgan fingerprint density at radius 2 is 1.79 bits per heavy atom. The van der Waals surface area contributed by atoms with Crippen molar-refractivity contribution >= 4 is 29.6 Å². The number of carbonyl (C=O) groups is 1. The number of carbonyl (C=O) groups excluding carboxylic acids is 1. The van der Waals surface area contributed by atoms with Gasteiger partial charge in [0.2, 0.25) is 0 Å². The molecule has 1 aromatic carbocycles. The summed E-state index contributed by atoms with van der Waals surface area (Å²) in [6.07, 6.45) is 1.62. The highest BCUT2D eigenvalue weighted by atomic mass is 16.7. The SMILES string of the molecule is CC(C)(C)OC(=O)NCCn1ccc2c(B3OC(C)(C)C(C)(C)O3)cccc21. The van der Waals surface area contributed by atoms with Crippen molar-refractivity contribution < 1.29 is 18.8 Å². The maximum Gasteiger partial charge on any atom is 0.495 e. The van der Waals surface area contributed by atoms with Crippen LogP contribution in [0.15, 0.2) is 30.5 Å². The quantitative estimate of drug-likeness (QED) is 0.818. The van der Waals surface area contributed by atoms with E-state index in [1.807, 2.05) is 39.1 Å². The summed E-state index contributed by atoms with van der Waals surface area (Å²) in [4.78, 5) is 11.8. The van der Waals surface area contributed by atoms with Crippen molar-refractivity contribution in [2.75, 3.05) is 6.54 Å². The lowest BCUT2D eigenvalue weighted by Gasteiger charge is -2.32. The minimum atomic E-state index is -0.498. The van der Waals surface area contributed by atoms with Crippen LogP contribution in [0.5, 0.6) is 0 Å². The first-order valence-corrected chi connectivity index (χ1v) is 9.80. The van der Waals surface area contributed by atoms with Crippen LogP contribution in [0.1, 0.15) is 48.5 Å². The van der Waals surface area contributed by atoms with Gasteiger partial charge in [-0.2, -0.15) is 0 Å². The topological polar surface area (TPSA) is 61.7 Å². The number of rotatable bonds is 4. The van der Waals surface area contributed by atoms with Crippen molar-refractivity contribution in [2.24, 2.45) is 0 Å². The maximum absolute atomic E-state index is 11.8. The van der Waals surface area contributed by atoms with Crippen LogP contribution >= 0.6 is 0 Å². The zero-order valence-electron chi connectivity index (χ0n) is 18.0. The third kappa shape index (κ3) is 4.20. The molecule has 0 saturated carbocycles. The molecule has 0 unspecified atom stereocenters. The largest absolute Gasteiger partial charge is 0.495 e. The summed E-state index contributed by atoms with van der Waals surface area (Å²) in [7, 11) is -0.399. The van der Waals surface area contributed by atoms with Gasteiger partial charge in [-0.3, -0.25) is 0 Å². The zero-order valence-corrected chi connectivity index (χ0v) is 18.0. The van der Waals surface area contributed by atoms with Crippen LogP contribution in [-0.4, -0.2) is 41.1 Å². The highest BCUT2D eigenvalue weighted by Gasteiger charge is 2.52. The van der Waals surface area contributed by atoms with E-state index in [0.717, 1.165) is 16.4 Å². The molecule has 1 saturated heterocycles. The minimum absolute atomic E-state index is 0.375. The molecule has 7 heteroatoms. The standard InChI is InChI=1S/C21H31BN2O4/c1-19(2,3)26-18(25)23-12-14-24-13-11-15-16(9-8-10-17(15)24)22-27-20(4,5)21(6,7)28-22/h8-11,13H,12,14H2,1-7H3,(H,23,25). The molecule has 0 spiro atoms. The maximum atomic E-state index is 11.8. The summed E-state index contributed by atoms with van der Waals surface area (Å²) in [5.41, 5.74) is 0.856. The van der Waals surface area contributed by atoms with Gasteiger partial charge in [0.25, 0.3) is 0 Å². The second-order valence-electron chi connectivity index (χ2n) is 9.31. The highest BCUT2D eigenvalue weighted by Crippen LogP contribution is 2.37. The fourth-order valence-corrected chi connectivity index (χ4v) is 3.21. The summed E-state index contributed by atoms with van der Waals surface area (Å²) in [6.45, 7) is 14.9. The second-order valence-corrected chi connectivity index (χ2v) is 9.31. The van der Waals surface area contributed by atoms with Crippen LogP contribution in [0, 0.1) is 0 Å². The minimum Gasteiger partial charge on any atom is -0.444 e. The summed E-state index contributed by atoms with van der Waals surface area (Å²) < 4.78 is 19.8. The summed E-state index contributed by atoms with van der Waals surface area (Å²) in [6, 6.07) is 8.20. The lowest BCUT2D eigenvalue weighted by atomic mass is 9.77. The van der Waals surface area contributed by atoms with E-state index in [1.54, 1.807) is 0 Å². The Morgan fingerprint density at radius 3 is 2.39 bits per heavy atom. The van der Waals surface area contributed by atoms with E-state index in [-0.39, 0.29) is 11.2 Å². The van der Waals surface area contributed by atoms with Crippen LogP contribution in [0.25, 0.3) is 10.9 Å². The van der Waals surface area contributed by atoms with E-state index in [2.05, 4.69) is 49.7 Å². The van der Waals surface area contributed by atoms with Crippen LogP contribution in [0.2, 0.25) is 0 Å². The molecule has 1 fully saturated rings. The lowest BCUT2D eigenvalue weighted by Crippen LogP contribution is -2.41. The second kappa shape index (κ2) is 7.12. The molecule has 3 rings (SSSR count). The fourth-order valence-electron chi connectivity index (χ4n) is 3.21. The molecular formula is C21H31BN2O4. The molecule has 1 N–H and O–H groups in total. The first-order chi connectivity index (χ1) is 12.9. The predicted octanol–water partition coefficient (Wildman–Crippen LogP) is 3.47. The van der Waals surface area contributed by atoms with Gasteiger partial charge >= 0.3 is 13.2 Å². The van der Waals surface area contributed by atoms with Crippen LogP contribution in [0.4, 0.5) is 4.79 Å². The van der Waals surface area contributed by atoms with Gasteiger partial charge in [-0.05, 0) is 71.4 Å². The van der Waals surface area contributed by atoms with E-state index in [1.165, 1.54) is 0 Å². The molecule has 2 heterocycles. The first-order valence-electron chi connectivity index (χ1n) is 9.80. The normalized spacial score (nSPS) is 18.5. The number of benzene rings is 1. The Bertz CT molecular complexity index is 851. The molecule has 1 aromatic heterocycles. The summed E-state index contributed by atoms with van der Waals surface area (Å²) in [5, 5.41) is 3.90. The van der Waals surface area contributed by atoms with E-state index in [9.17, 15) is 4.79 Å². The molecular weight excluding hydrogens is 355 g/mol. The molecule has 1 amide bonds. The molecule has 0 aliphatic carbocycles. The van der Waals surface area contributed by atoms with E-state index in [4.69, 9.17) is 14.0 Å². The Kier molecular flexibility index (Phi) is 5.27. The Balaban J connectivity index is 1.73. The molecule has 6 nitrogen and oxygen atoms in total. The average molecular weight is 386 g/mol. The van der Waals surface area contributed by atoms with Gasteiger partial charge in [0.05, 0.1) is 11.2 Å². The summed E-state index contributed by atoms with van der Waals surface area (Å²) in [5.74, 6) is 0. The molecule has 0 bridgehead atoms. The molecule has 0 atom stereocenters. The number of alkyl carbamates (subject to hydrolysis) is 1. The zero-order chi connectivity index (χ0) is 20.7. The van der Waals surface area contributed by atoms with Gasteiger partial charge in [0.15, 0.2) is 0 Å². The Hall–Kier alpha value is -1.99. The number of fused-ring (bicyclic) bond motifs is 1. The third-order valence-corrected chi connectivity index (χ3v) is 5.38. The van der Waals surface area contributed by atoms with Gasteiger partial charge in [-0.15, -0.1) is 0 Å². The number of amides is 1. The molecule has 0 radical (unpaired) electrons. The van der Waals surface area contributed by atoms with Crippen LogP contribution in [0.3, 0.4) is 0 Å². The monoisotopic (exact) mass is 386 g/mol. The predicted molar refractivity (Wildman–Crippen MR) is 112 cm³/mol. The smallest absolute Gasteiger partial charge is 0.444 e. The number of nitrogens with one attached hydrogen (secondary N) is 1. The first kappa shape index (κ1) is 20.7. The molecule has 152 valence electrons. The molecule has 28 heavy (non-hydrogen) atoms. The molecule has 2 aromatic rings. The van der Waals surface area contributed by atoms with Crippen molar-refractivity contribution in [1.29, 1.82) is 0 Å². The molecule has 1 aliphatic rings. The van der Waals surface area contributed by atoms with Crippen molar-refractivity contribution in [2.45, 2.75) is 71.8 Å². The lowest BCUT2D eigenvalue weighted by molar-refractivity contribution is 0.00578. The van der Waals surface area contributed by atoms with Crippen molar-refractivity contribution in [3.8, 4) is 0 Å². The Labute approximate surface area is 167 Å². The fraction of sp³-hybridized carbons (Fsp3) is 0.571. The van der Waals surface area contributed by atoms with Gasteiger partial charge in [-0.1, -0.05) is 12.1 Å². The van der Waals surface area contributed by atoms with Gasteiger partial charge in [-0.25, -0.2) is 4.79 Å². The number of nitrogens with zero attached hydrogens (tertiary/aromatic N) is 1. The van der Waals surface area contributed by atoms with Crippen molar-refractivity contribution in [1.82, 2.24) is 9.88 Å². The van der Waals surface area contributed by atoms with Crippen LogP contribution < -0.4 is 10.8 Å². The van der Waals surface area contributed by atoms with Gasteiger partial charge in [0.1, 0.15) is 5.60 Å². The Morgan fingerprint density at radius 1 is 1.14 bits per heavy atom. The van der Waals surface area contributed by atoms with Gasteiger partial charge < -0.3 is 23.9 Å².